The molecule has 0 fully saturated rings. The molecule has 0 bridgehead atoms. The van der Waals surface area contributed by atoms with Gasteiger partial charge in [0.2, 0.25) is 0 Å². The van der Waals surface area contributed by atoms with Crippen molar-refractivity contribution in [3.8, 4) is 0 Å². The molecule has 0 aliphatic rings. The molecule has 14 nitrogen and oxygen atoms in total. The summed E-state index contributed by atoms with van der Waals surface area (Å²) in [5, 5.41) is 20.6. The van der Waals surface area contributed by atoms with Gasteiger partial charge < -0.3 is 10.2 Å². The van der Waals surface area contributed by atoms with Gasteiger partial charge in [-0.1, -0.05) is 19.1 Å². The van der Waals surface area contributed by atoms with Crippen LogP contribution in [0.5, 0.6) is 0 Å². The third-order valence-corrected chi connectivity index (χ3v) is 5.36. The summed E-state index contributed by atoms with van der Waals surface area (Å²) < 4.78 is 4.16. The van der Waals surface area contributed by atoms with E-state index in [1.807, 2.05) is 0 Å². The minimum absolute atomic E-state index is 0.0401. The van der Waals surface area contributed by atoms with Crippen LogP contribution in [0.15, 0.2) is 54.1 Å². The van der Waals surface area contributed by atoms with Crippen molar-refractivity contribution in [2.75, 3.05) is 0 Å². The highest BCUT2D eigenvalue weighted by Crippen LogP contribution is 1.93. The van der Waals surface area contributed by atoms with Gasteiger partial charge in [0.05, 0.1) is 44.9 Å². The fourth-order valence-corrected chi connectivity index (χ4v) is 3.49. The predicted octanol–water partition coefficient (Wildman–Crippen LogP) is -3.12. The van der Waals surface area contributed by atoms with E-state index in [0.717, 1.165) is 9.13 Å². The molecule has 2 rings (SSSR count). The second-order valence-corrected chi connectivity index (χ2v) is 7.79. The molecule has 0 aromatic carbocycles. The molecule has 2 atom stereocenters. The lowest BCUT2D eigenvalue weighted by Crippen LogP contribution is -2.57. The Labute approximate surface area is 198 Å². The van der Waals surface area contributed by atoms with Crippen molar-refractivity contribution in [1.29, 1.82) is 0 Å². The van der Waals surface area contributed by atoms with Crippen LogP contribution in [0.2, 0.25) is 0 Å². The SMILES string of the molecule is C=CCn1c(=O)n(CC)c(=O)n(CC(O)Cn2c(=O)n(CC=C)c(=O)n(CC(O)CC)c2=O)c1=O. The van der Waals surface area contributed by atoms with Crippen LogP contribution in [0.4, 0.5) is 0 Å². The van der Waals surface area contributed by atoms with Crippen molar-refractivity contribution >= 4 is 0 Å². The van der Waals surface area contributed by atoms with Crippen molar-refractivity contribution in [2.45, 2.75) is 71.7 Å². The lowest BCUT2D eigenvalue weighted by Gasteiger charge is -2.18. The molecular weight excluding hydrogens is 464 g/mol. The molecular formula is C21H30N6O8. The summed E-state index contributed by atoms with van der Waals surface area (Å²) in [7, 11) is 0. The third kappa shape index (κ3) is 5.49. The highest BCUT2D eigenvalue weighted by atomic mass is 16.3. The Kier molecular flexibility index (Phi) is 9.08. The second-order valence-electron chi connectivity index (χ2n) is 7.79. The van der Waals surface area contributed by atoms with Crippen LogP contribution in [0.3, 0.4) is 0 Å². The average Bonchev–Trinajstić information content (AvgIpc) is 2.83. The summed E-state index contributed by atoms with van der Waals surface area (Å²) in [4.78, 5) is 76.1. The highest BCUT2D eigenvalue weighted by Gasteiger charge is 2.21. The maximum Gasteiger partial charge on any atom is 0.336 e. The van der Waals surface area contributed by atoms with Gasteiger partial charge in [0.1, 0.15) is 0 Å². The van der Waals surface area contributed by atoms with E-state index in [9.17, 15) is 39.0 Å². The predicted molar refractivity (Wildman–Crippen MR) is 127 cm³/mol. The minimum Gasteiger partial charge on any atom is -0.391 e. The van der Waals surface area contributed by atoms with E-state index in [-0.39, 0.29) is 32.6 Å². The Morgan fingerprint density at radius 1 is 0.600 bits per heavy atom. The first-order valence-electron chi connectivity index (χ1n) is 11.0. The molecule has 35 heavy (non-hydrogen) atoms. The molecule has 0 aliphatic carbocycles. The molecule has 0 saturated heterocycles. The molecule has 2 aromatic rings. The fraction of sp³-hybridized carbons (Fsp3) is 0.524. The first-order chi connectivity index (χ1) is 16.5. The monoisotopic (exact) mass is 494 g/mol. The van der Waals surface area contributed by atoms with E-state index < -0.39 is 59.4 Å². The Balaban J connectivity index is 2.61. The average molecular weight is 495 g/mol. The normalized spacial score (nSPS) is 12.9. The number of hydrogen-bond donors (Lipinski definition) is 2. The van der Waals surface area contributed by atoms with E-state index in [0.29, 0.717) is 18.3 Å². The standard InChI is InChI=1S/C21H30N6O8/c1-5-9-23-16(30)22(8-4)17(31)26(18(23)32)12-15(29)13-27-20(34)24(10-6-2)19(33)25(21(27)35)11-14(28)7-3/h5-6,14-15,28-29H,1-2,7-13H2,3-4H3. The highest BCUT2D eigenvalue weighted by molar-refractivity contribution is 4.86. The van der Waals surface area contributed by atoms with Crippen LogP contribution < -0.4 is 34.1 Å². The summed E-state index contributed by atoms with van der Waals surface area (Å²) in [5.74, 6) is 0. The topological polar surface area (TPSA) is 172 Å². The van der Waals surface area contributed by atoms with E-state index >= 15 is 0 Å². The van der Waals surface area contributed by atoms with E-state index in [1.165, 1.54) is 19.1 Å². The summed E-state index contributed by atoms with van der Waals surface area (Å²) in [6.07, 6.45) is 0.159. The lowest BCUT2D eigenvalue weighted by atomic mass is 10.3. The van der Waals surface area contributed by atoms with Gasteiger partial charge in [-0.3, -0.25) is 0 Å². The maximum absolute atomic E-state index is 12.9. The number of allylic oxidation sites excluding steroid dienone is 2. The van der Waals surface area contributed by atoms with Crippen LogP contribution in [0, 0.1) is 0 Å². The largest absolute Gasteiger partial charge is 0.391 e. The Morgan fingerprint density at radius 3 is 1.26 bits per heavy atom. The fourth-order valence-electron chi connectivity index (χ4n) is 3.49. The second kappa shape index (κ2) is 11.6. The van der Waals surface area contributed by atoms with Gasteiger partial charge in [0.15, 0.2) is 0 Å². The molecule has 0 saturated carbocycles. The number of rotatable bonds is 12. The van der Waals surface area contributed by atoms with Crippen LogP contribution in [-0.4, -0.2) is 49.8 Å². The molecule has 2 N–H and O–H groups in total. The molecule has 0 amide bonds. The van der Waals surface area contributed by atoms with Gasteiger partial charge in [-0.05, 0) is 13.3 Å². The van der Waals surface area contributed by atoms with Gasteiger partial charge in [-0.2, -0.15) is 0 Å². The van der Waals surface area contributed by atoms with E-state index in [1.54, 1.807) is 6.92 Å². The first-order valence-corrected chi connectivity index (χ1v) is 11.0. The van der Waals surface area contributed by atoms with Crippen molar-refractivity contribution in [2.24, 2.45) is 0 Å². The first kappa shape index (κ1) is 27.5. The molecule has 2 heterocycles. The van der Waals surface area contributed by atoms with Crippen molar-refractivity contribution in [3.05, 3.63) is 88.2 Å². The van der Waals surface area contributed by atoms with Crippen LogP contribution in [0.25, 0.3) is 0 Å². The van der Waals surface area contributed by atoms with Gasteiger partial charge in [-0.15, -0.1) is 13.2 Å². The van der Waals surface area contributed by atoms with Crippen molar-refractivity contribution in [3.63, 3.8) is 0 Å². The zero-order valence-electron chi connectivity index (χ0n) is 19.7. The summed E-state index contributed by atoms with van der Waals surface area (Å²) in [5.41, 5.74) is -5.83. The number of nitrogens with zero attached hydrogens (tertiary/aromatic N) is 6. The lowest BCUT2D eigenvalue weighted by molar-refractivity contribution is 0.120. The van der Waals surface area contributed by atoms with Gasteiger partial charge in [0.25, 0.3) is 0 Å². The zero-order chi connectivity index (χ0) is 26.4. The van der Waals surface area contributed by atoms with Crippen LogP contribution in [0.1, 0.15) is 20.3 Å². The van der Waals surface area contributed by atoms with Crippen molar-refractivity contribution < 1.29 is 10.2 Å². The number of aliphatic hydroxyl groups is 2. The zero-order valence-corrected chi connectivity index (χ0v) is 19.7. The Bertz CT molecular complexity index is 1450. The van der Waals surface area contributed by atoms with E-state index in [4.69, 9.17) is 0 Å². The van der Waals surface area contributed by atoms with Gasteiger partial charge >= 0.3 is 34.1 Å². The quantitative estimate of drug-likeness (QED) is 0.292. The third-order valence-electron chi connectivity index (χ3n) is 5.36. The molecule has 0 spiro atoms. The number of aromatic nitrogens is 6. The van der Waals surface area contributed by atoms with Gasteiger partial charge in [-0.25, -0.2) is 56.2 Å². The summed E-state index contributed by atoms with van der Waals surface area (Å²) >= 11 is 0. The molecule has 0 aliphatic heterocycles. The summed E-state index contributed by atoms with van der Waals surface area (Å²) in [6.45, 7) is 7.98. The Hall–Kier alpha value is -3.78. The van der Waals surface area contributed by atoms with Crippen molar-refractivity contribution in [1.82, 2.24) is 27.4 Å². The smallest absolute Gasteiger partial charge is 0.336 e. The molecule has 0 radical (unpaired) electrons. The maximum atomic E-state index is 12.9. The minimum atomic E-state index is -1.61. The molecule has 192 valence electrons. The van der Waals surface area contributed by atoms with Gasteiger partial charge in [0, 0.05) is 6.54 Å². The number of aliphatic hydroxyl groups excluding tert-OH is 2. The van der Waals surface area contributed by atoms with E-state index in [2.05, 4.69) is 13.2 Å². The summed E-state index contributed by atoms with van der Waals surface area (Å²) in [6, 6.07) is 0. The molecule has 2 unspecified atom stereocenters. The Morgan fingerprint density at radius 2 is 0.914 bits per heavy atom. The number of hydrogen-bond acceptors (Lipinski definition) is 8. The molecule has 14 heteroatoms. The van der Waals surface area contributed by atoms with Crippen LogP contribution in [-0.2, 0) is 39.3 Å². The van der Waals surface area contributed by atoms with Crippen LogP contribution >= 0.6 is 0 Å². The molecule has 2 aromatic heterocycles.